The fraction of sp³-hybridized carbons (Fsp3) is 0.545. The Morgan fingerprint density at radius 2 is 2.47 bits per heavy atom. The van der Waals surface area contributed by atoms with Crippen molar-refractivity contribution >= 4 is 23.5 Å². The molecule has 0 spiro atoms. The van der Waals surface area contributed by atoms with Crippen LogP contribution in [0.2, 0.25) is 0 Å². The summed E-state index contributed by atoms with van der Waals surface area (Å²) in [6, 6.07) is 1.95. The van der Waals surface area contributed by atoms with Gasteiger partial charge in [0.05, 0.1) is 0 Å². The molecule has 17 heavy (non-hydrogen) atoms. The van der Waals surface area contributed by atoms with Gasteiger partial charge in [-0.3, -0.25) is 4.79 Å². The number of hydrogen-bond donors (Lipinski definition) is 1. The topological polar surface area (TPSA) is 66.3 Å². The van der Waals surface area contributed by atoms with Gasteiger partial charge in [-0.15, -0.1) is 11.8 Å². The van der Waals surface area contributed by atoms with Gasteiger partial charge < -0.3 is 10.0 Å². The third-order valence-electron chi connectivity index (χ3n) is 2.91. The van der Waals surface area contributed by atoms with Gasteiger partial charge >= 0.3 is 5.97 Å². The summed E-state index contributed by atoms with van der Waals surface area (Å²) in [5.41, 5.74) is 0. The maximum absolute atomic E-state index is 10.7. The molecule has 0 amide bonds. The van der Waals surface area contributed by atoms with Crippen LogP contribution in [0.1, 0.15) is 12.8 Å². The van der Waals surface area contributed by atoms with Gasteiger partial charge in [-0.25, -0.2) is 9.97 Å². The molecule has 5 nitrogen and oxygen atoms in total. The molecular weight excluding hydrogens is 238 g/mol. The number of carbonyl (C=O) groups is 1. The van der Waals surface area contributed by atoms with Crippen molar-refractivity contribution in [3.63, 3.8) is 0 Å². The highest BCUT2D eigenvalue weighted by Gasteiger charge is 2.25. The Kier molecular flexibility index (Phi) is 3.83. The fourth-order valence-corrected chi connectivity index (χ4v) is 2.44. The molecule has 0 aromatic carbocycles. The predicted octanol–water partition coefficient (Wildman–Crippen LogP) is 1.50. The molecule has 1 atom stereocenters. The van der Waals surface area contributed by atoms with Crippen LogP contribution in [0.25, 0.3) is 0 Å². The Balaban J connectivity index is 2.01. The Morgan fingerprint density at radius 1 is 1.65 bits per heavy atom. The van der Waals surface area contributed by atoms with Gasteiger partial charge in [-0.2, -0.15) is 0 Å². The monoisotopic (exact) mass is 253 g/mol. The van der Waals surface area contributed by atoms with Gasteiger partial charge in [0, 0.05) is 25.6 Å². The van der Waals surface area contributed by atoms with Crippen LogP contribution in [0.5, 0.6) is 0 Å². The van der Waals surface area contributed by atoms with E-state index in [2.05, 4.69) is 14.9 Å². The minimum atomic E-state index is -0.718. The van der Waals surface area contributed by atoms with Crippen molar-refractivity contribution in [1.82, 2.24) is 9.97 Å². The SMILES string of the molecule is CSc1cc(N2CCC(CC(=O)O)C2)ncn1. The van der Waals surface area contributed by atoms with Crippen molar-refractivity contribution in [2.75, 3.05) is 24.2 Å². The lowest BCUT2D eigenvalue weighted by molar-refractivity contribution is -0.137. The van der Waals surface area contributed by atoms with Crippen LogP contribution >= 0.6 is 11.8 Å². The molecule has 1 aromatic heterocycles. The zero-order valence-corrected chi connectivity index (χ0v) is 10.5. The average molecular weight is 253 g/mol. The van der Waals surface area contributed by atoms with Gasteiger partial charge in [0.25, 0.3) is 0 Å². The van der Waals surface area contributed by atoms with E-state index >= 15 is 0 Å². The second-order valence-electron chi connectivity index (χ2n) is 4.12. The molecule has 0 aliphatic carbocycles. The number of anilines is 1. The zero-order chi connectivity index (χ0) is 12.3. The smallest absolute Gasteiger partial charge is 0.303 e. The highest BCUT2D eigenvalue weighted by atomic mass is 32.2. The molecule has 1 N–H and O–H groups in total. The summed E-state index contributed by atoms with van der Waals surface area (Å²) in [7, 11) is 0. The molecule has 6 heteroatoms. The molecule has 1 aromatic rings. The number of thioether (sulfide) groups is 1. The molecule has 1 aliphatic rings. The molecule has 2 rings (SSSR count). The Bertz CT molecular complexity index is 413. The maximum atomic E-state index is 10.7. The van der Waals surface area contributed by atoms with E-state index in [-0.39, 0.29) is 12.3 Å². The van der Waals surface area contributed by atoms with Crippen LogP contribution in [0, 0.1) is 5.92 Å². The lowest BCUT2D eigenvalue weighted by Crippen LogP contribution is -2.21. The second kappa shape index (κ2) is 5.35. The van der Waals surface area contributed by atoms with Gasteiger partial charge in [-0.05, 0) is 18.6 Å². The number of rotatable bonds is 4. The van der Waals surface area contributed by atoms with E-state index < -0.39 is 5.97 Å². The molecule has 1 aliphatic heterocycles. The summed E-state index contributed by atoms with van der Waals surface area (Å²) >= 11 is 1.58. The first kappa shape index (κ1) is 12.2. The van der Waals surface area contributed by atoms with Crippen LogP contribution in [-0.4, -0.2) is 40.4 Å². The molecule has 2 heterocycles. The summed E-state index contributed by atoms with van der Waals surface area (Å²) in [5.74, 6) is 0.418. The fourth-order valence-electron chi connectivity index (χ4n) is 2.07. The third-order valence-corrected chi connectivity index (χ3v) is 3.55. The molecule has 1 fully saturated rings. The first-order chi connectivity index (χ1) is 8.19. The summed E-state index contributed by atoms with van der Waals surface area (Å²) < 4.78 is 0. The van der Waals surface area contributed by atoms with Gasteiger partial charge in [0.1, 0.15) is 17.2 Å². The van der Waals surface area contributed by atoms with Crippen LogP contribution in [0.3, 0.4) is 0 Å². The summed E-state index contributed by atoms with van der Waals surface area (Å²) in [4.78, 5) is 21.2. The summed E-state index contributed by atoms with van der Waals surface area (Å²) in [6.07, 6.45) is 4.71. The molecule has 0 bridgehead atoms. The van der Waals surface area contributed by atoms with Crippen molar-refractivity contribution in [3.05, 3.63) is 12.4 Å². The first-order valence-electron chi connectivity index (χ1n) is 5.52. The molecule has 0 radical (unpaired) electrons. The van der Waals surface area contributed by atoms with E-state index in [1.807, 2.05) is 12.3 Å². The van der Waals surface area contributed by atoms with Crippen LogP contribution in [-0.2, 0) is 4.79 Å². The maximum Gasteiger partial charge on any atom is 0.303 e. The zero-order valence-electron chi connectivity index (χ0n) is 9.67. The van der Waals surface area contributed by atoms with Gasteiger partial charge in [0.2, 0.25) is 0 Å². The molecule has 1 saturated heterocycles. The van der Waals surface area contributed by atoms with E-state index in [1.165, 1.54) is 0 Å². The van der Waals surface area contributed by atoms with Crippen LogP contribution in [0.4, 0.5) is 5.82 Å². The van der Waals surface area contributed by atoms with Crippen molar-refractivity contribution in [2.24, 2.45) is 5.92 Å². The average Bonchev–Trinajstić information content (AvgIpc) is 2.77. The lowest BCUT2D eigenvalue weighted by atomic mass is 10.1. The van der Waals surface area contributed by atoms with Crippen LogP contribution < -0.4 is 4.90 Å². The summed E-state index contributed by atoms with van der Waals surface area (Å²) in [6.45, 7) is 1.65. The van der Waals surface area contributed by atoms with Crippen molar-refractivity contribution in [2.45, 2.75) is 17.9 Å². The number of nitrogens with zero attached hydrogens (tertiary/aromatic N) is 3. The quantitative estimate of drug-likeness (QED) is 0.648. The van der Waals surface area contributed by atoms with Crippen LogP contribution in [0.15, 0.2) is 17.4 Å². The van der Waals surface area contributed by atoms with Crippen molar-refractivity contribution in [3.8, 4) is 0 Å². The van der Waals surface area contributed by atoms with E-state index in [0.717, 1.165) is 30.4 Å². The highest BCUT2D eigenvalue weighted by molar-refractivity contribution is 7.98. The number of carboxylic acid groups (broad SMARTS) is 1. The van der Waals surface area contributed by atoms with Crippen molar-refractivity contribution < 1.29 is 9.90 Å². The minimum absolute atomic E-state index is 0.236. The largest absolute Gasteiger partial charge is 0.481 e. The third kappa shape index (κ3) is 3.09. The minimum Gasteiger partial charge on any atom is -0.481 e. The molecular formula is C11H15N3O2S. The van der Waals surface area contributed by atoms with Crippen molar-refractivity contribution in [1.29, 1.82) is 0 Å². The predicted molar refractivity (Wildman–Crippen MR) is 66.4 cm³/mol. The van der Waals surface area contributed by atoms with E-state index in [0.29, 0.717) is 0 Å². The van der Waals surface area contributed by atoms with E-state index in [4.69, 9.17) is 5.11 Å². The number of aromatic nitrogens is 2. The van der Waals surface area contributed by atoms with E-state index in [9.17, 15) is 4.79 Å². The Morgan fingerprint density at radius 3 is 3.18 bits per heavy atom. The number of hydrogen-bond acceptors (Lipinski definition) is 5. The van der Waals surface area contributed by atoms with Gasteiger partial charge in [-0.1, -0.05) is 0 Å². The standard InChI is InChI=1S/C11H15N3O2S/c1-17-10-5-9(12-7-13-10)14-3-2-8(6-14)4-11(15)16/h5,7-8H,2-4,6H2,1H3,(H,15,16). The van der Waals surface area contributed by atoms with Gasteiger partial charge in [0.15, 0.2) is 0 Å². The molecule has 1 unspecified atom stereocenters. The molecule has 0 saturated carbocycles. The normalized spacial score (nSPS) is 19.6. The Hall–Kier alpha value is -1.30. The number of aliphatic carboxylic acids is 1. The lowest BCUT2D eigenvalue weighted by Gasteiger charge is -2.17. The highest BCUT2D eigenvalue weighted by Crippen LogP contribution is 2.25. The number of carboxylic acids is 1. The first-order valence-corrected chi connectivity index (χ1v) is 6.74. The summed E-state index contributed by atoms with van der Waals surface area (Å²) in [5, 5.41) is 9.71. The second-order valence-corrected chi connectivity index (χ2v) is 4.94. The van der Waals surface area contributed by atoms with E-state index in [1.54, 1.807) is 18.1 Å². The molecule has 92 valence electrons. The Labute approximate surface area is 104 Å².